The van der Waals surface area contributed by atoms with Crippen molar-refractivity contribution in [3.63, 3.8) is 0 Å². The van der Waals surface area contributed by atoms with Crippen molar-refractivity contribution >= 4 is 34.2 Å². The van der Waals surface area contributed by atoms with Gasteiger partial charge in [0.15, 0.2) is 5.65 Å². The zero-order chi connectivity index (χ0) is 29.1. The number of anilines is 1. The van der Waals surface area contributed by atoms with E-state index in [0.717, 1.165) is 41.8 Å². The molecule has 0 radical (unpaired) electrons. The Labute approximate surface area is 249 Å². The van der Waals surface area contributed by atoms with Crippen LogP contribution in [0.15, 0.2) is 60.8 Å². The van der Waals surface area contributed by atoms with Gasteiger partial charge in [0.05, 0.1) is 18.2 Å². The molecule has 220 valence electrons. The minimum absolute atomic E-state index is 0.0983. The number of carbonyl (C=O) groups excluding carboxylic acids is 1. The molecule has 0 saturated carbocycles. The Morgan fingerprint density at radius 1 is 1.10 bits per heavy atom. The van der Waals surface area contributed by atoms with Gasteiger partial charge < -0.3 is 30.1 Å². The maximum absolute atomic E-state index is 14.1. The van der Waals surface area contributed by atoms with Crippen LogP contribution in [0.5, 0.6) is 5.88 Å². The molecule has 2 aromatic carbocycles. The normalized spacial score (nSPS) is 18.8. The summed E-state index contributed by atoms with van der Waals surface area (Å²) in [7, 11) is 0. The van der Waals surface area contributed by atoms with Gasteiger partial charge >= 0.3 is 0 Å². The van der Waals surface area contributed by atoms with Gasteiger partial charge in [-0.05, 0) is 42.6 Å². The standard InChI is InChI=1S/C31H35ClN6O4/c32-22-10-8-21(9-11-22)26(25-7-4-12-33-25)31(41)38-15-13-37(14-16-38)28-24(20-5-2-1-3-6-20)17-34-29-27(28)30(36-35-29)42-19-23(40)18-39/h1-3,5-6,8-11,17,23,25-26,33,39-40H,4,7,12-16,18-19H2,(H,34,35,36)/t23-,25?,26+/m1/s1. The molecule has 4 N–H and O–H groups in total. The highest BCUT2D eigenvalue weighted by atomic mass is 35.5. The van der Waals surface area contributed by atoms with Crippen molar-refractivity contribution in [3.8, 4) is 17.0 Å². The molecule has 0 bridgehead atoms. The second-order valence-electron chi connectivity index (χ2n) is 10.8. The third kappa shape index (κ3) is 5.80. The van der Waals surface area contributed by atoms with Crippen molar-refractivity contribution in [2.45, 2.75) is 30.9 Å². The zero-order valence-corrected chi connectivity index (χ0v) is 24.0. The summed E-state index contributed by atoms with van der Waals surface area (Å²) in [5, 5.41) is 31.3. The summed E-state index contributed by atoms with van der Waals surface area (Å²) in [5.41, 5.74) is 4.38. The third-order valence-electron chi connectivity index (χ3n) is 8.14. The first kappa shape index (κ1) is 28.4. The lowest BCUT2D eigenvalue weighted by molar-refractivity contribution is -0.133. The highest BCUT2D eigenvalue weighted by Crippen LogP contribution is 2.40. The van der Waals surface area contributed by atoms with Crippen LogP contribution in [-0.2, 0) is 4.79 Å². The van der Waals surface area contributed by atoms with Crippen LogP contribution in [-0.4, -0.2) is 94.3 Å². The number of rotatable bonds is 9. The molecule has 6 rings (SSSR count). The number of hydrogen-bond donors (Lipinski definition) is 4. The molecule has 1 unspecified atom stereocenters. The van der Waals surface area contributed by atoms with E-state index in [4.69, 9.17) is 16.3 Å². The average molecular weight is 591 g/mol. The van der Waals surface area contributed by atoms with Crippen LogP contribution in [0.4, 0.5) is 5.69 Å². The van der Waals surface area contributed by atoms with E-state index in [9.17, 15) is 15.0 Å². The van der Waals surface area contributed by atoms with E-state index in [1.165, 1.54) is 0 Å². The molecule has 2 saturated heterocycles. The summed E-state index contributed by atoms with van der Waals surface area (Å²) in [5.74, 6) is 0.173. The molecule has 3 atom stereocenters. The van der Waals surface area contributed by atoms with Crippen molar-refractivity contribution in [1.82, 2.24) is 25.4 Å². The number of halogens is 1. The Morgan fingerprint density at radius 2 is 1.86 bits per heavy atom. The quantitative estimate of drug-likeness (QED) is 0.234. The lowest BCUT2D eigenvalue weighted by Crippen LogP contribution is -2.52. The van der Waals surface area contributed by atoms with Crippen molar-refractivity contribution in [1.29, 1.82) is 0 Å². The summed E-state index contributed by atoms with van der Waals surface area (Å²) >= 11 is 6.16. The molecule has 2 fully saturated rings. The number of ether oxygens (including phenoxy) is 1. The number of aliphatic hydroxyl groups is 2. The smallest absolute Gasteiger partial charge is 0.244 e. The number of carbonyl (C=O) groups is 1. The van der Waals surface area contributed by atoms with Gasteiger partial charge in [0.25, 0.3) is 0 Å². The Hall–Kier alpha value is -3.70. The molecule has 2 aromatic heterocycles. The molecule has 0 spiro atoms. The number of aromatic amines is 1. The Morgan fingerprint density at radius 3 is 2.55 bits per heavy atom. The number of fused-ring (bicyclic) bond motifs is 1. The number of pyridine rings is 1. The van der Waals surface area contributed by atoms with Crippen molar-refractivity contribution in [2.24, 2.45) is 0 Å². The molecule has 11 heteroatoms. The molecule has 42 heavy (non-hydrogen) atoms. The van der Waals surface area contributed by atoms with Gasteiger partial charge in [-0.3, -0.25) is 9.89 Å². The van der Waals surface area contributed by atoms with E-state index in [1.54, 1.807) is 0 Å². The molecule has 10 nitrogen and oxygen atoms in total. The lowest BCUT2D eigenvalue weighted by Gasteiger charge is -2.39. The maximum Gasteiger partial charge on any atom is 0.244 e. The van der Waals surface area contributed by atoms with Gasteiger partial charge in [0, 0.05) is 49.0 Å². The molecule has 1 amide bonds. The predicted molar refractivity (Wildman–Crippen MR) is 162 cm³/mol. The summed E-state index contributed by atoms with van der Waals surface area (Å²) in [6.07, 6.45) is 2.82. The molecule has 2 aliphatic rings. The highest BCUT2D eigenvalue weighted by Gasteiger charge is 2.36. The number of piperazine rings is 1. The first-order chi connectivity index (χ1) is 20.5. The molecular weight excluding hydrogens is 556 g/mol. The number of aromatic nitrogens is 3. The average Bonchev–Trinajstić information content (AvgIpc) is 3.71. The van der Waals surface area contributed by atoms with Crippen molar-refractivity contribution in [2.75, 3.05) is 50.8 Å². The van der Waals surface area contributed by atoms with E-state index in [1.807, 2.05) is 65.7 Å². The van der Waals surface area contributed by atoms with E-state index in [2.05, 4.69) is 25.4 Å². The Bertz CT molecular complexity index is 1500. The second-order valence-corrected chi connectivity index (χ2v) is 11.3. The SMILES string of the molecule is O=C([C@@H](c1ccc(Cl)cc1)C1CCCN1)N1CCN(c2c(-c3ccccc3)cnc3[nH]nc(OC[C@H](O)CO)c23)CC1. The van der Waals surface area contributed by atoms with Crippen molar-refractivity contribution < 1.29 is 19.7 Å². The first-order valence-corrected chi connectivity index (χ1v) is 14.8. The van der Waals surface area contributed by atoms with Crippen LogP contribution >= 0.6 is 11.6 Å². The Balaban J connectivity index is 1.29. The van der Waals surface area contributed by atoms with Gasteiger partial charge in [-0.15, -0.1) is 5.10 Å². The van der Waals surface area contributed by atoms with E-state index < -0.39 is 12.7 Å². The number of benzene rings is 2. The minimum atomic E-state index is -1.03. The number of hydrogen-bond acceptors (Lipinski definition) is 8. The summed E-state index contributed by atoms with van der Waals surface area (Å²) < 4.78 is 5.84. The number of aliphatic hydroxyl groups excluding tert-OH is 2. The fourth-order valence-electron chi connectivity index (χ4n) is 6.00. The van der Waals surface area contributed by atoms with Gasteiger partial charge in [-0.25, -0.2) is 4.98 Å². The fourth-order valence-corrected chi connectivity index (χ4v) is 6.12. The number of nitrogens with one attached hydrogen (secondary N) is 2. The molecular formula is C31H35ClN6O4. The van der Waals surface area contributed by atoms with Gasteiger partial charge in [0.2, 0.25) is 11.8 Å². The monoisotopic (exact) mass is 590 g/mol. The van der Waals surface area contributed by atoms with Gasteiger partial charge in [0.1, 0.15) is 18.1 Å². The topological polar surface area (TPSA) is 127 Å². The van der Waals surface area contributed by atoms with E-state index >= 15 is 0 Å². The van der Waals surface area contributed by atoms with Crippen molar-refractivity contribution in [3.05, 3.63) is 71.4 Å². The fraction of sp³-hybridized carbons (Fsp3) is 0.387. The predicted octanol–water partition coefficient (Wildman–Crippen LogP) is 3.19. The number of amides is 1. The summed E-state index contributed by atoms with van der Waals surface area (Å²) in [6, 6.07) is 17.8. The number of H-pyrrole nitrogens is 1. The van der Waals surface area contributed by atoms with Gasteiger partial charge in [-0.2, -0.15) is 0 Å². The number of nitrogens with zero attached hydrogens (tertiary/aromatic N) is 4. The van der Waals surface area contributed by atoms with Crippen LogP contribution in [0.1, 0.15) is 24.3 Å². The summed E-state index contributed by atoms with van der Waals surface area (Å²) in [4.78, 5) is 22.9. The molecule has 4 aromatic rings. The third-order valence-corrected chi connectivity index (χ3v) is 8.39. The first-order valence-electron chi connectivity index (χ1n) is 14.4. The van der Waals surface area contributed by atoms with Crippen LogP contribution in [0, 0.1) is 0 Å². The van der Waals surface area contributed by atoms with Crippen LogP contribution in [0.3, 0.4) is 0 Å². The minimum Gasteiger partial charge on any atom is -0.473 e. The summed E-state index contributed by atoms with van der Waals surface area (Å²) in [6.45, 7) is 2.75. The van der Waals surface area contributed by atoms with E-state index in [0.29, 0.717) is 48.1 Å². The van der Waals surface area contributed by atoms with E-state index in [-0.39, 0.29) is 24.5 Å². The van der Waals surface area contributed by atoms with Crippen LogP contribution in [0.25, 0.3) is 22.2 Å². The zero-order valence-electron chi connectivity index (χ0n) is 23.2. The Kier molecular flexibility index (Phi) is 8.57. The van der Waals surface area contributed by atoms with Crippen LogP contribution in [0.2, 0.25) is 5.02 Å². The maximum atomic E-state index is 14.1. The largest absolute Gasteiger partial charge is 0.473 e. The molecule has 2 aliphatic heterocycles. The molecule has 4 heterocycles. The molecule has 0 aliphatic carbocycles. The highest BCUT2D eigenvalue weighted by molar-refractivity contribution is 6.30. The van der Waals surface area contributed by atoms with Crippen LogP contribution < -0.4 is 15.0 Å². The van der Waals surface area contributed by atoms with Gasteiger partial charge in [-0.1, -0.05) is 54.1 Å². The second kappa shape index (κ2) is 12.7. The lowest BCUT2D eigenvalue weighted by atomic mass is 9.89.